The van der Waals surface area contributed by atoms with Crippen molar-refractivity contribution >= 4 is 38.9 Å². The number of anilines is 1. The van der Waals surface area contributed by atoms with Crippen LogP contribution in [0.5, 0.6) is 0 Å². The molecule has 11 heteroatoms. The van der Waals surface area contributed by atoms with Crippen molar-refractivity contribution in [3.63, 3.8) is 0 Å². The van der Waals surface area contributed by atoms with Gasteiger partial charge in [0.25, 0.3) is 0 Å². The van der Waals surface area contributed by atoms with Gasteiger partial charge in [0.15, 0.2) is 5.01 Å². The number of nitrogens with zero attached hydrogens (tertiary/aromatic N) is 5. The van der Waals surface area contributed by atoms with Crippen molar-refractivity contribution in [1.82, 2.24) is 19.1 Å². The first kappa shape index (κ1) is 26.2. The normalized spacial score (nSPS) is 20.9. The van der Waals surface area contributed by atoms with Gasteiger partial charge in [0.1, 0.15) is 10.7 Å². The van der Waals surface area contributed by atoms with Gasteiger partial charge in [0.2, 0.25) is 15.8 Å². The van der Waals surface area contributed by atoms with Crippen molar-refractivity contribution in [1.29, 1.82) is 0 Å². The highest BCUT2D eigenvalue weighted by Gasteiger charge is 2.52. The summed E-state index contributed by atoms with van der Waals surface area (Å²) in [5.74, 6) is -0.507. The van der Waals surface area contributed by atoms with Gasteiger partial charge in [-0.2, -0.15) is 9.40 Å². The minimum Gasteiger partial charge on any atom is -0.370 e. The van der Waals surface area contributed by atoms with Crippen LogP contribution >= 0.6 is 11.3 Å². The fourth-order valence-corrected chi connectivity index (χ4v) is 8.77. The molecule has 2 aliphatic heterocycles. The van der Waals surface area contributed by atoms with E-state index < -0.39 is 15.4 Å². The number of benzene rings is 2. The summed E-state index contributed by atoms with van der Waals surface area (Å²) in [5, 5.41) is 6.69. The Morgan fingerprint density at radius 1 is 1.02 bits per heavy atom. The second-order valence-corrected chi connectivity index (χ2v) is 13.6. The average Bonchev–Trinajstić information content (AvgIpc) is 3.78. The highest BCUT2D eigenvalue weighted by atomic mass is 32.2. The molecule has 1 unspecified atom stereocenters. The summed E-state index contributed by atoms with van der Waals surface area (Å²) < 4.78 is 45.3. The van der Waals surface area contributed by atoms with Gasteiger partial charge >= 0.3 is 0 Å². The van der Waals surface area contributed by atoms with E-state index in [2.05, 4.69) is 15.0 Å². The van der Waals surface area contributed by atoms with Crippen LogP contribution < -0.4 is 4.90 Å². The average molecular weight is 590 g/mol. The largest absolute Gasteiger partial charge is 0.370 e. The number of halogens is 1. The number of rotatable bonds is 6. The fraction of sp³-hybridized carbons (Fsp3) is 0.300. The van der Waals surface area contributed by atoms with Crippen molar-refractivity contribution < 1.29 is 17.6 Å². The molecule has 2 aromatic heterocycles. The smallest absolute Gasteiger partial charge is 0.245 e. The molecule has 3 aliphatic rings. The van der Waals surface area contributed by atoms with Gasteiger partial charge in [-0.15, -0.1) is 11.3 Å². The molecule has 7 rings (SSSR count). The van der Waals surface area contributed by atoms with Gasteiger partial charge in [-0.25, -0.2) is 22.5 Å². The molecule has 4 heterocycles. The van der Waals surface area contributed by atoms with E-state index in [0.717, 1.165) is 48.4 Å². The Labute approximate surface area is 241 Å². The molecule has 0 saturated carbocycles. The molecule has 0 radical (unpaired) electrons. The zero-order valence-electron chi connectivity index (χ0n) is 22.2. The predicted octanol–water partition coefficient (Wildman–Crippen LogP) is 4.97. The van der Waals surface area contributed by atoms with Gasteiger partial charge in [0, 0.05) is 37.8 Å². The second kappa shape index (κ2) is 10.0. The van der Waals surface area contributed by atoms with E-state index in [0.29, 0.717) is 23.5 Å². The van der Waals surface area contributed by atoms with E-state index >= 15 is 0 Å². The number of aromatic nitrogens is 3. The molecule has 0 N–H and O–H groups in total. The zero-order chi connectivity index (χ0) is 28.2. The third kappa shape index (κ3) is 4.34. The molecule has 4 aromatic rings. The number of Topliss-reactive ketones (excluding diaryl/α,β-unsaturated/α-hetero) is 1. The number of para-hydroxylation sites is 1. The highest BCUT2D eigenvalue weighted by Crippen LogP contribution is 2.48. The van der Waals surface area contributed by atoms with E-state index in [1.165, 1.54) is 27.8 Å². The number of hydrogen-bond acceptors (Lipinski definition) is 7. The minimum absolute atomic E-state index is 0.0229. The minimum atomic E-state index is -3.90. The van der Waals surface area contributed by atoms with Gasteiger partial charge in [0.05, 0.1) is 28.7 Å². The van der Waals surface area contributed by atoms with Crippen molar-refractivity contribution in [2.45, 2.75) is 30.6 Å². The summed E-state index contributed by atoms with van der Waals surface area (Å²) in [6, 6.07) is 13.3. The van der Waals surface area contributed by atoms with Crippen LogP contribution in [0.3, 0.4) is 0 Å². The third-order valence-electron chi connectivity index (χ3n) is 8.44. The van der Waals surface area contributed by atoms with Crippen LogP contribution in [-0.4, -0.2) is 59.4 Å². The highest BCUT2D eigenvalue weighted by molar-refractivity contribution is 7.89. The first-order chi connectivity index (χ1) is 19.9. The van der Waals surface area contributed by atoms with E-state index in [1.807, 2.05) is 18.2 Å². The molecular weight excluding hydrogens is 561 g/mol. The molecule has 2 saturated heterocycles. The van der Waals surface area contributed by atoms with Gasteiger partial charge in [-0.3, -0.25) is 4.79 Å². The SMILES string of the molecule is O=C(c1nccs1)C12Cc3cnn(-c4ccc(F)cc4)c3C=C1CCN(S(=O)(=O)c1ccccc1N1CCCC1)C2. The number of sulfonamides is 1. The lowest BCUT2D eigenvalue weighted by atomic mass is 9.66. The number of ketones is 1. The van der Waals surface area contributed by atoms with Crippen molar-refractivity contribution in [2.24, 2.45) is 5.41 Å². The first-order valence-electron chi connectivity index (χ1n) is 13.7. The monoisotopic (exact) mass is 589 g/mol. The van der Waals surface area contributed by atoms with Gasteiger partial charge < -0.3 is 4.90 Å². The maximum Gasteiger partial charge on any atom is 0.245 e. The number of carbonyl (C=O) groups excluding carboxylic acids is 1. The predicted molar refractivity (Wildman–Crippen MR) is 155 cm³/mol. The Kier molecular flexibility index (Phi) is 6.40. The number of hydrogen-bond donors (Lipinski definition) is 0. The first-order valence-corrected chi connectivity index (χ1v) is 16.0. The molecule has 1 aliphatic carbocycles. The Hall–Kier alpha value is -3.67. The van der Waals surface area contributed by atoms with Gasteiger partial charge in [-0.05, 0) is 73.7 Å². The molecule has 2 aromatic carbocycles. The molecule has 0 amide bonds. The van der Waals surface area contributed by atoms with Crippen LogP contribution in [0.15, 0.2) is 76.8 Å². The summed E-state index contributed by atoms with van der Waals surface area (Å²) >= 11 is 1.27. The molecular formula is C30H28FN5O3S2. The quantitative estimate of drug-likeness (QED) is 0.295. The summed E-state index contributed by atoms with van der Waals surface area (Å²) in [6.45, 7) is 1.93. The molecule has 0 spiro atoms. The maximum atomic E-state index is 14.3. The molecule has 2 fully saturated rings. The maximum absolute atomic E-state index is 14.3. The number of carbonyl (C=O) groups is 1. The van der Waals surface area contributed by atoms with E-state index in [9.17, 15) is 17.6 Å². The van der Waals surface area contributed by atoms with Gasteiger partial charge in [-0.1, -0.05) is 17.7 Å². The van der Waals surface area contributed by atoms with Crippen LogP contribution in [0, 0.1) is 11.2 Å². The molecule has 210 valence electrons. The van der Waals surface area contributed by atoms with Crippen molar-refractivity contribution in [3.05, 3.63) is 94.0 Å². The molecule has 0 bridgehead atoms. The standard InChI is InChI=1S/C30H28FN5O3S2/c31-23-7-9-24(10-8-23)36-26-17-22-11-15-35(41(38,39)27-6-2-1-5-25(27)34-13-3-4-14-34)20-30(22,18-21(26)19-33-36)28(37)29-32-12-16-40-29/h1-2,5-10,12,16-17,19H,3-4,11,13-15,18,20H2. The number of thiazole rings is 1. The number of fused-ring (bicyclic) bond motifs is 2. The lowest BCUT2D eigenvalue weighted by Crippen LogP contribution is -2.53. The third-order valence-corrected chi connectivity index (χ3v) is 11.1. The van der Waals surface area contributed by atoms with E-state index in [-0.39, 0.29) is 29.6 Å². The second-order valence-electron chi connectivity index (χ2n) is 10.8. The van der Waals surface area contributed by atoms with Crippen molar-refractivity contribution in [3.8, 4) is 5.69 Å². The van der Waals surface area contributed by atoms with E-state index in [1.54, 1.807) is 46.7 Å². The Morgan fingerprint density at radius 2 is 1.80 bits per heavy atom. The lowest BCUT2D eigenvalue weighted by molar-refractivity contribution is 0.0775. The van der Waals surface area contributed by atoms with Crippen LogP contribution in [0.2, 0.25) is 0 Å². The molecule has 8 nitrogen and oxygen atoms in total. The van der Waals surface area contributed by atoms with E-state index in [4.69, 9.17) is 0 Å². The van der Waals surface area contributed by atoms with Crippen LogP contribution in [0.4, 0.5) is 10.1 Å². The topological polar surface area (TPSA) is 88.4 Å². The van der Waals surface area contributed by atoms with Crippen LogP contribution in [0.1, 0.15) is 40.3 Å². The Morgan fingerprint density at radius 3 is 2.56 bits per heavy atom. The van der Waals surface area contributed by atoms with Crippen LogP contribution in [-0.2, 0) is 16.4 Å². The summed E-state index contributed by atoms with van der Waals surface area (Å²) in [4.78, 5) is 21.0. The summed E-state index contributed by atoms with van der Waals surface area (Å²) in [7, 11) is -3.90. The zero-order valence-corrected chi connectivity index (χ0v) is 23.9. The van der Waals surface area contributed by atoms with Crippen molar-refractivity contribution in [2.75, 3.05) is 31.1 Å². The Bertz CT molecular complexity index is 1760. The fourth-order valence-electron chi connectivity index (χ4n) is 6.38. The molecule has 1 atom stereocenters. The van der Waals surface area contributed by atoms with Crippen LogP contribution in [0.25, 0.3) is 11.8 Å². The summed E-state index contributed by atoms with van der Waals surface area (Å²) in [5.41, 5.74) is 2.85. The lowest BCUT2D eigenvalue weighted by Gasteiger charge is -2.44. The molecule has 41 heavy (non-hydrogen) atoms. The number of piperidine rings is 1. The Balaban J connectivity index is 1.30. The summed E-state index contributed by atoms with van der Waals surface area (Å²) in [6.07, 6.45) is 8.06.